The zero-order chi connectivity index (χ0) is 14.9. The lowest BCUT2D eigenvalue weighted by Crippen LogP contribution is -2.20. The molecule has 0 saturated carbocycles. The van der Waals surface area contributed by atoms with Crippen LogP contribution in [0.25, 0.3) is 10.8 Å². The Morgan fingerprint density at radius 1 is 0.952 bits per heavy atom. The van der Waals surface area contributed by atoms with Gasteiger partial charge in [-0.2, -0.15) is 11.8 Å². The third kappa shape index (κ3) is 5.05. The van der Waals surface area contributed by atoms with Crippen LogP contribution in [-0.2, 0) is 0 Å². The highest BCUT2D eigenvalue weighted by molar-refractivity contribution is 7.98. The first-order chi connectivity index (χ1) is 10.3. The maximum absolute atomic E-state index is 3.68. The molecule has 114 valence electrons. The highest BCUT2D eigenvalue weighted by atomic mass is 32.2. The van der Waals surface area contributed by atoms with Crippen molar-refractivity contribution in [3.05, 3.63) is 48.0 Å². The van der Waals surface area contributed by atoms with Crippen molar-refractivity contribution in [2.75, 3.05) is 18.6 Å². The number of unbranched alkanes of at least 4 members (excludes halogenated alkanes) is 3. The van der Waals surface area contributed by atoms with E-state index >= 15 is 0 Å². The number of benzene rings is 2. The van der Waals surface area contributed by atoms with Gasteiger partial charge in [0.15, 0.2) is 0 Å². The van der Waals surface area contributed by atoms with Gasteiger partial charge in [-0.15, -0.1) is 0 Å². The Balaban J connectivity index is 1.81. The van der Waals surface area contributed by atoms with Crippen LogP contribution >= 0.6 is 11.8 Å². The molecule has 0 fully saturated rings. The van der Waals surface area contributed by atoms with Gasteiger partial charge in [0.1, 0.15) is 0 Å². The number of thioether (sulfide) groups is 1. The fourth-order valence-corrected chi connectivity index (χ4v) is 3.27. The summed E-state index contributed by atoms with van der Waals surface area (Å²) in [7, 11) is 0. The Labute approximate surface area is 133 Å². The van der Waals surface area contributed by atoms with E-state index in [2.05, 4.69) is 61.0 Å². The van der Waals surface area contributed by atoms with Gasteiger partial charge in [0.2, 0.25) is 0 Å². The SMILES string of the molecule is CSCCCCCCNC(C)c1cccc2ccccc12. The fourth-order valence-electron chi connectivity index (χ4n) is 2.78. The average molecular weight is 301 g/mol. The Bertz CT molecular complexity index is 533. The second-order valence-corrected chi connectivity index (χ2v) is 6.64. The van der Waals surface area contributed by atoms with Crippen LogP contribution in [0.15, 0.2) is 42.5 Å². The van der Waals surface area contributed by atoms with E-state index in [0.717, 1.165) is 6.54 Å². The van der Waals surface area contributed by atoms with Gasteiger partial charge in [-0.25, -0.2) is 0 Å². The molecule has 0 radical (unpaired) electrons. The van der Waals surface area contributed by atoms with Crippen LogP contribution in [0.2, 0.25) is 0 Å². The average Bonchev–Trinajstić information content (AvgIpc) is 2.53. The lowest BCUT2D eigenvalue weighted by Gasteiger charge is -2.16. The van der Waals surface area contributed by atoms with Crippen molar-refractivity contribution in [1.29, 1.82) is 0 Å². The van der Waals surface area contributed by atoms with Crippen molar-refractivity contribution in [2.24, 2.45) is 0 Å². The topological polar surface area (TPSA) is 12.0 Å². The molecule has 2 rings (SSSR count). The number of nitrogens with one attached hydrogen (secondary N) is 1. The maximum atomic E-state index is 3.68. The second-order valence-electron chi connectivity index (χ2n) is 5.65. The number of hydrogen-bond acceptors (Lipinski definition) is 2. The highest BCUT2D eigenvalue weighted by Gasteiger charge is 2.07. The first-order valence-corrected chi connectivity index (χ1v) is 9.42. The molecule has 2 aromatic carbocycles. The normalized spacial score (nSPS) is 12.7. The Hall–Kier alpha value is -0.990. The summed E-state index contributed by atoms with van der Waals surface area (Å²) in [6, 6.07) is 15.7. The third-order valence-electron chi connectivity index (χ3n) is 4.02. The molecule has 2 aromatic rings. The molecular weight excluding hydrogens is 274 g/mol. The Kier molecular flexibility index (Phi) is 7.11. The molecule has 0 aliphatic carbocycles. The van der Waals surface area contributed by atoms with Crippen LogP contribution < -0.4 is 5.32 Å². The van der Waals surface area contributed by atoms with E-state index in [4.69, 9.17) is 0 Å². The molecule has 21 heavy (non-hydrogen) atoms. The van der Waals surface area contributed by atoms with Crippen molar-refractivity contribution >= 4 is 22.5 Å². The van der Waals surface area contributed by atoms with E-state index in [-0.39, 0.29) is 0 Å². The second kappa shape index (κ2) is 9.11. The standard InChI is InChI=1S/C19H27NS/c1-16(20-14-7-3-4-8-15-21-2)18-13-9-11-17-10-5-6-12-19(17)18/h5-6,9-13,16,20H,3-4,7-8,14-15H2,1-2H3. The van der Waals surface area contributed by atoms with Crippen LogP contribution in [0.1, 0.15) is 44.2 Å². The molecule has 0 heterocycles. The number of fused-ring (bicyclic) bond motifs is 1. The van der Waals surface area contributed by atoms with Crippen LogP contribution in [0.3, 0.4) is 0 Å². The molecule has 1 atom stereocenters. The lowest BCUT2D eigenvalue weighted by atomic mass is 9.99. The molecule has 1 N–H and O–H groups in total. The fraction of sp³-hybridized carbons (Fsp3) is 0.474. The van der Waals surface area contributed by atoms with E-state index in [1.165, 1.54) is 47.8 Å². The summed E-state index contributed by atoms with van der Waals surface area (Å²) in [5.74, 6) is 1.31. The summed E-state index contributed by atoms with van der Waals surface area (Å²) in [5.41, 5.74) is 1.41. The monoisotopic (exact) mass is 301 g/mol. The third-order valence-corrected chi connectivity index (χ3v) is 4.71. The predicted molar refractivity (Wildman–Crippen MR) is 97.2 cm³/mol. The molecular formula is C19H27NS. The molecule has 0 spiro atoms. The van der Waals surface area contributed by atoms with Gasteiger partial charge < -0.3 is 5.32 Å². The summed E-state index contributed by atoms with van der Waals surface area (Å²) in [5, 5.41) is 6.39. The smallest absolute Gasteiger partial charge is 0.0297 e. The first kappa shape index (κ1) is 16.4. The molecule has 0 amide bonds. The molecule has 0 aliphatic heterocycles. The van der Waals surface area contributed by atoms with Crippen molar-refractivity contribution in [2.45, 2.75) is 38.6 Å². The van der Waals surface area contributed by atoms with E-state index in [1.807, 2.05) is 11.8 Å². The molecule has 0 aromatic heterocycles. The summed E-state index contributed by atoms with van der Waals surface area (Å²) in [6.45, 7) is 3.39. The molecule has 2 heteroatoms. The molecule has 1 nitrogen and oxygen atoms in total. The molecule has 0 bridgehead atoms. The maximum Gasteiger partial charge on any atom is 0.0297 e. The summed E-state index contributed by atoms with van der Waals surface area (Å²) < 4.78 is 0. The largest absolute Gasteiger partial charge is 0.310 e. The van der Waals surface area contributed by atoms with Crippen molar-refractivity contribution in [3.63, 3.8) is 0 Å². The minimum absolute atomic E-state index is 0.419. The lowest BCUT2D eigenvalue weighted by molar-refractivity contribution is 0.539. The van der Waals surface area contributed by atoms with E-state index < -0.39 is 0 Å². The Morgan fingerprint density at radius 3 is 2.57 bits per heavy atom. The zero-order valence-electron chi connectivity index (χ0n) is 13.3. The predicted octanol–water partition coefficient (Wildman–Crippen LogP) is 5.41. The van der Waals surface area contributed by atoms with Crippen LogP contribution in [0.5, 0.6) is 0 Å². The van der Waals surface area contributed by atoms with Gasteiger partial charge >= 0.3 is 0 Å². The van der Waals surface area contributed by atoms with Gasteiger partial charge in [-0.05, 0) is 54.7 Å². The van der Waals surface area contributed by atoms with Gasteiger partial charge in [-0.3, -0.25) is 0 Å². The van der Waals surface area contributed by atoms with Crippen molar-refractivity contribution in [3.8, 4) is 0 Å². The van der Waals surface area contributed by atoms with Crippen LogP contribution in [-0.4, -0.2) is 18.6 Å². The van der Waals surface area contributed by atoms with E-state index in [9.17, 15) is 0 Å². The van der Waals surface area contributed by atoms with Crippen LogP contribution in [0, 0.1) is 0 Å². The molecule has 1 unspecified atom stereocenters. The summed E-state index contributed by atoms with van der Waals surface area (Å²) >= 11 is 1.95. The summed E-state index contributed by atoms with van der Waals surface area (Å²) in [6.07, 6.45) is 7.54. The van der Waals surface area contributed by atoms with Gasteiger partial charge in [-0.1, -0.05) is 55.3 Å². The van der Waals surface area contributed by atoms with E-state index in [0.29, 0.717) is 6.04 Å². The van der Waals surface area contributed by atoms with Crippen molar-refractivity contribution < 1.29 is 0 Å². The zero-order valence-corrected chi connectivity index (χ0v) is 14.1. The minimum atomic E-state index is 0.419. The van der Waals surface area contributed by atoms with Gasteiger partial charge in [0, 0.05) is 6.04 Å². The number of rotatable bonds is 9. The van der Waals surface area contributed by atoms with Crippen molar-refractivity contribution in [1.82, 2.24) is 5.32 Å². The number of hydrogen-bond donors (Lipinski definition) is 1. The van der Waals surface area contributed by atoms with E-state index in [1.54, 1.807) is 0 Å². The quantitative estimate of drug-likeness (QED) is 0.621. The first-order valence-electron chi connectivity index (χ1n) is 8.03. The highest BCUT2D eigenvalue weighted by Crippen LogP contribution is 2.23. The van der Waals surface area contributed by atoms with Gasteiger partial charge in [0.05, 0.1) is 0 Å². The molecule has 0 saturated heterocycles. The molecule has 0 aliphatic rings. The minimum Gasteiger partial charge on any atom is -0.310 e. The van der Waals surface area contributed by atoms with Crippen LogP contribution in [0.4, 0.5) is 0 Å². The van der Waals surface area contributed by atoms with Gasteiger partial charge in [0.25, 0.3) is 0 Å². The summed E-state index contributed by atoms with van der Waals surface area (Å²) in [4.78, 5) is 0. The Morgan fingerprint density at radius 2 is 1.71 bits per heavy atom.